The SMILES string of the molecule is C/C=C\C=C(/N)NC.O=CCC1=CC=CCC1. The average Bonchev–Trinajstić information content (AvgIpc) is 2.38. The molecule has 0 aromatic rings. The van der Waals surface area contributed by atoms with E-state index < -0.39 is 0 Å². The summed E-state index contributed by atoms with van der Waals surface area (Å²) in [6, 6.07) is 0. The third-order valence-electron chi connectivity index (χ3n) is 2.20. The van der Waals surface area contributed by atoms with Crippen LogP contribution in [-0.2, 0) is 4.79 Å². The standard InChI is InChI=1S/C8H10O.C6H12N2/c9-7-6-8-4-2-1-3-5-8;1-3-4-5-6(7)8-2/h1-2,4,7H,3,5-6H2;3-5,8H,7H2,1-2H3/b;4-3-,6-5+. The summed E-state index contributed by atoms with van der Waals surface area (Å²) in [4.78, 5) is 10.0. The minimum Gasteiger partial charge on any atom is -0.386 e. The van der Waals surface area contributed by atoms with Crippen molar-refractivity contribution in [3.8, 4) is 0 Å². The van der Waals surface area contributed by atoms with E-state index >= 15 is 0 Å². The quantitative estimate of drug-likeness (QED) is 0.580. The van der Waals surface area contributed by atoms with E-state index in [9.17, 15) is 4.79 Å². The van der Waals surface area contributed by atoms with Crippen LogP contribution in [0.15, 0.2) is 47.9 Å². The molecular weight excluding hydrogens is 212 g/mol. The highest BCUT2D eigenvalue weighted by Crippen LogP contribution is 2.13. The van der Waals surface area contributed by atoms with Crippen molar-refractivity contribution in [1.82, 2.24) is 5.32 Å². The maximum absolute atomic E-state index is 10.0. The van der Waals surface area contributed by atoms with Crippen LogP contribution in [0.25, 0.3) is 0 Å². The number of nitrogens with two attached hydrogens (primary N) is 1. The summed E-state index contributed by atoms with van der Waals surface area (Å²) in [6.45, 7) is 1.94. The van der Waals surface area contributed by atoms with Crippen LogP contribution in [0, 0.1) is 0 Å². The molecule has 1 aliphatic carbocycles. The summed E-state index contributed by atoms with van der Waals surface area (Å²) in [5.74, 6) is 0.683. The van der Waals surface area contributed by atoms with Gasteiger partial charge in [-0.05, 0) is 25.8 Å². The minimum atomic E-state index is 0.615. The maximum Gasteiger partial charge on any atom is 0.124 e. The van der Waals surface area contributed by atoms with E-state index in [0.29, 0.717) is 12.2 Å². The van der Waals surface area contributed by atoms with Crippen LogP contribution in [0.1, 0.15) is 26.2 Å². The van der Waals surface area contributed by atoms with Crippen molar-refractivity contribution in [2.75, 3.05) is 7.05 Å². The topological polar surface area (TPSA) is 55.1 Å². The van der Waals surface area contributed by atoms with Crippen LogP contribution < -0.4 is 11.1 Å². The first kappa shape index (κ1) is 15.2. The Kier molecular flexibility index (Phi) is 9.62. The Bertz CT molecular complexity index is 325. The van der Waals surface area contributed by atoms with Crippen LogP contribution >= 0.6 is 0 Å². The molecule has 3 nitrogen and oxygen atoms in total. The van der Waals surface area contributed by atoms with Crippen LogP contribution in [0.3, 0.4) is 0 Å². The van der Waals surface area contributed by atoms with Crippen LogP contribution in [0.4, 0.5) is 0 Å². The van der Waals surface area contributed by atoms with Gasteiger partial charge in [-0.1, -0.05) is 36.0 Å². The van der Waals surface area contributed by atoms with Crippen molar-refractivity contribution >= 4 is 6.29 Å². The smallest absolute Gasteiger partial charge is 0.124 e. The molecule has 3 N–H and O–H groups in total. The lowest BCUT2D eigenvalue weighted by molar-refractivity contribution is -0.107. The first-order valence-electron chi connectivity index (χ1n) is 5.79. The minimum absolute atomic E-state index is 0.615. The van der Waals surface area contributed by atoms with Gasteiger partial charge in [0.25, 0.3) is 0 Å². The van der Waals surface area contributed by atoms with E-state index in [1.54, 1.807) is 13.1 Å². The van der Waals surface area contributed by atoms with Crippen molar-refractivity contribution in [1.29, 1.82) is 0 Å². The van der Waals surface area contributed by atoms with Crippen molar-refractivity contribution < 1.29 is 4.79 Å². The zero-order valence-corrected chi connectivity index (χ0v) is 10.6. The lowest BCUT2D eigenvalue weighted by atomic mass is 10.0. The van der Waals surface area contributed by atoms with Gasteiger partial charge in [0.15, 0.2) is 0 Å². The third kappa shape index (κ3) is 9.18. The van der Waals surface area contributed by atoms with Gasteiger partial charge in [0.05, 0.1) is 5.82 Å². The molecule has 0 aliphatic heterocycles. The van der Waals surface area contributed by atoms with Gasteiger partial charge >= 0.3 is 0 Å². The molecule has 0 radical (unpaired) electrons. The second kappa shape index (κ2) is 10.7. The summed E-state index contributed by atoms with van der Waals surface area (Å²) in [5.41, 5.74) is 6.61. The summed E-state index contributed by atoms with van der Waals surface area (Å²) in [6.07, 6.45) is 15.5. The van der Waals surface area contributed by atoms with Crippen molar-refractivity contribution in [2.24, 2.45) is 5.73 Å². The summed E-state index contributed by atoms with van der Waals surface area (Å²) >= 11 is 0. The van der Waals surface area contributed by atoms with E-state index in [0.717, 1.165) is 19.1 Å². The van der Waals surface area contributed by atoms with E-state index in [4.69, 9.17) is 5.73 Å². The fraction of sp³-hybridized carbons (Fsp3) is 0.357. The highest BCUT2D eigenvalue weighted by Gasteiger charge is 1.96. The Morgan fingerprint density at radius 1 is 1.59 bits per heavy atom. The molecule has 0 aromatic heterocycles. The Labute approximate surface area is 104 Å². The predicted octanol–water partition coefficient (Wildman–Crippen LogP) is 2.43. The van der Waals surface area contributed by atoms with Crippen molar-refractivity contribution in [3.63, 3.8) is 0 Å². The Hall–Kier alpha value is -1.77. The Morgan fingerprint density at radius 3 is 2.82 bits per heavy atom. The summed E-state index contributed by atoms with van der Waals surface area (Å²) in [7, 11) is 1.79. The number of aldehydes is 1. The van der Waals surface area contributed by atoms with Crippen molar-refractivity contribution in [3.05, 3.63) is 47.9 Å². The van der Waals surface area contributed by atoms with Gasteiger partial charge in [-0.15, -0.1) is 0 Å². The van der Waals surface area contributed by atoms with Gasteiger partial charge in [-0.2, -0.15) is 0 Å². The molecule has 0 bridgehead atoms. The molecule has 0 amide bonds. The average molecular weight is 234 g/mol. The molecule has 3 heteroatoms. The Morgan fingerprint density at radius 2 is 2.35 bits per heavy atom. The summed E-state index contributed by atoms with van der Waals surface area (Å²) in [5, 5.41) is 2.79. The van der Waals surface area contributed by atoms with E-state index in [1.165, 1.54) is 5.57 Å². The molecule has 0 saturated carbocycles. The second-order valence-corrected chi connectivity index (χ2v) is 3.56. The lowest BCUT2D eigenvalue weighted by Crippen LogP contribution is -2.13. The molecule has 0 atom stereocenters. The molecule has 0 unspecified atom stereocenters. The molecule has 0 spiro atoms. The van der Waals surface area contributed by atoms with E-state index in [1.807, 2.05) is 31.2 Å². The van der Waals surface area contributed by atoms with Gasteiger partial charge in [-0.25, -0.2) is 0 Å². The number of carbonyl (C=O) groups excluding carboxylic acids is 1. The largest absolute Gasteiger partial charge is 0.386 e. The Balaban J connectivity index is 0.000000304. The van der Waals surface area contributed by atoms with Gasteiger partial charge < -0.3 is 15.8 Å². The zero-order chi connectivity index (χ0) is 12.9. The van der Waals surface area contributed by atoms with E-state index in [-0.39, 0.29) is 0 Å². The van der Waals surface area contributed by atoms with Gasteiger partial charge in [0.1, 0.15) is 6.29 Å². The number of nitrogens with one attached hydrogen (secondary N) is 1. The highest BCUT2D eigenvalue weighted by molar-refractivity contribution is 5.54. The molecule has 0 aromatic carbocycles. The van der Waals surface area contributed by atoms with E-state index in [2.05, 4.69) is 11.4 Å². The number of carbonyl (C=O) groups is 1. The normalized spacial score (nSPS) is 14.9. The lowest BCUT2D eigenvalue weighted by Gasteiger charge is -2.02. The fourth-order valence-corrected chi connectivity index (χ4v) is 1.21. The zero-order valence-electron chi connectivity index (χ0n) is 10.6. The number of rotatable bonds is 4. The van der Waals surface area contributed by atoms with Crippen LogP contribution in [-0.4, -0.2) is 13.3 Å². The summed E-state index contributed by atoms with van der Waals surface area (Å²) < 4.78 is 0. The molecule has 0 fully saturated rings. The van der Waals surface area contributed by atoms with Crippen LogP contribution in [0.5, 0.6) is 0 Å². The number of hydrogen-bond donors (Lipinski definition) is 2. The predicted molar refractivity (Wildman–Crippen MR) is 73.3 cm³/mol. The molecule has 94 valence electrons. The molecule has 1 aliphatic rings. The second-order valence-electron chi connectivity index (χ2n) is 3.56. The molecular formula is C14H22N2O. The molecule has 17 heavy (non-hydrogen) atoms. The van der Waals surface area contributed by atoms with Crippen LogP contribution in [0.2, 0.25) is 0 Å². The number of allylic oxidation sites excluding steroid dienone is 7. The third-order valence-corrected chi connectivity index (χ3v) is 2.20. The molecule has 0 saturated heterocycles. The first-order chi connectivity index (χ1) is 8.24. The van der Waals surface area contributed by atoms with Gasteiger partial charge in [0.2, 0.25) is 0 Å². The van der Waals surface area contributed by atoms with Crippen molar-refractivity contribution in [2.45, 2.75) is 26.2 Å². The molecule has 1 rings (SSSR count). The monoisotopic (exact) mass is 234 g/mol. The highest BCUT2D eigenvalue weighted by atomic mass is 16.1. The van der Waals surface area contributed by atoms with Gasteiger partial charge in [-0.3, -0.25) is 0 Å². The fourth-order valence-electron chi connectivity index (χ4n) is 1.21. The number of hydrogen-bond acceptors (Lipinski definition) is 3. The maximum atomic E-state index is 10.0. The first-order valence-corrected chi connectivity index (χ1v) is 5.79. The van der Waals surface area contributed by atoms with Gasteiger partial charge in [0, 0.05) is 13.5 Å². The molecule has 0 heterocycles.